The van der Waals surface area contributed by atoms with Crippen LogP contribution in [-0.4, -0.2) is 98.9 Å². The standard InChI is InChI=1S/C14H20F6N4O4/c1-27-11(25)10(24-5-2-21-6-9(24)14(18,19)20)28-12(26)23-4-3-22-8(7-23)13(15,16)17/h8-10,21-22H,2-7H2,1H3/t8-,9+,10-/m0/s1. The Labute approximate surface area is 156 Å². The molecule has 2 fully saturated rings. The van der Waals surface area contributed by atoms with Crippen molar-refractivity contribution in [2.24, 2.45) is 0 Å². The van der Waals surface area contributed by atoms with Gasteiger partial charge in [0.1, 0.15) is 12.1 Å². The summed E-state index contributed by atoms with van der Waals surface area (Å²) in [6.45, 7) is -1.89. The minimum Gasteiger partial charge on any atom is -0.465 e. The average Bonchev–Trinajstić information content (AvgIpc) is 2.64. The normalized spacial score (nSPS) is 25.9. The maximum atomic E-state index is 13.3. The number of amides is 1. The SMILES string of the molecule is COC(=O)[C@H](OC(=O)N1CCN[C@H](C(F)(F)F)C1)N1CCNC[C@@H]1C(F)(F)F. The average molecular weight is 422 g/mol. The summed E-state index contributed by atoms with van der Waals surface area (Å²) >= 11 is 0. The molecule has 0 saturated carbocycles. The van der Waals surface area contributed by atoms with Crippen LogP contribution in [0.25, 0.3) is 0 Å². The van der Waals surface area contributed by atoms with E-state index in [4.69, 9.17) is 4.74 Å². The number of alkyl halides is 6. The Kier molecular flexibility index (Phi) is 6.98. The summed E-state index contributed by atoms with van der Waals surface area (Å²) in [6.07, 6.45) is -12.7. The van der Waals surface area contributed by atoms with Crippen molar-refractivity contribution in [1.29, 1.82) is 0 Å². The zero-order valence-electron chi connectivity index (χ0n) is 14.8. The fourth-order valence-electron chi connectivity index (χ4n) is 2.96. The van der Waals surface area contributed by atoms with E-state index >= 15 is 0 Å². The van der Waals surface area contributed by atoms with Crippen molar-refractivity contribution in [3.63, 3.8) is 0 Å². The van der Waals surface area contributed by atoms with Crippen LogP contribution in [0.3, 0.4) is 0 Å². The van der Waals surface area contributed by atoms with Gasteiger partial charge in [0.2, 0.25) is 0 Å². The number of ether oxygens (including phenoxy) is 2. The maximum absolute atomic E-state index is 13.3. The van der Waals surface area contributed by atoms with Gasteiger partial charge in [0.25, 0.3) is 6.23 Å². The van der Waals surface area contributed by atoms with Crippen LogP contribution in [-0.2, 0) is 14.3 Å². The van der Waals surface area contributed by atoms with Crippen LogP contribution in [0.5, 0.6) is 0 Å². The molecule has 2 saturated heterocycles. The molecule has 162 valence electrons. The molecule has 0 spiro atoms. The zero-order chi connectivity index (χ0) is 21.1. The van der Waals surface area contributed by atoms with Crippen molar-refractivity contribution in [2.45, 2.75) is 30.7 Å². The Morgan fingerprint density at radius 3 is 2.32 bits per heavy atom. The van der Waals surface area contributed by atoms with Crippen molar-refractivity contribution in [2.75, 3.05) is 46.4 Å². The lowest BCUT2D eigenvalue weighted by atomic mass is 10.1. The molecular formula is C14H20F6N4O4. The first kappa shape index (κ1) is 22.5. The van der Waals surface area contributed by atoms with Crippen LogP contribution in [0.4, 0.5) is 31.1 Å². The Morgan fingerprint density at radius 2 is 1.75 bits per heavy atom. The second-order valence-corrected chi connectivity index (χ2v) is 6.25. The van der Waals surface area contributed by atoms with Crippen LogP contribution in [0, 0.1) is 0 Å². The molecule has 8 nitrogen and oxygen atoms in total. The highest BCUT2D eigenvalue weighted by Crippen LogP contribution is 2.28. The summed E-state index contributed by atoms with van der Waals surface area (Å²) in [6, 6.07) is -4.14. The van der Waals surface area contributed by atoms with Crippen LogP contribution in [0.2, 0.25) is 0 Å². The number of hydrogen-bond acceptors (Lipinski definition) is 7. The molecule has 2 rings (SSSR count). The Hall–Kier alpha value is -1.80. The number of hydrogen-bond donors (Lipinski definition) is 2. The van der Waals surface area contributed by atoms with Gasteiger partial charge in [0.15, 0.2) is 0 Å². The number of nitrogens with one attached hydrogen (secondary N) is 2. The van der Waals surface area contributed by atoms with Gasteiger partial charge in [-0.25, -0.2) is 14.5 Å². The molecule has 2 heterocycles. The lowest BCUT2D eigenvalue weighted by Crippen LogP contribution is -2.64. The van der Waals surface area contributed by atoms with E-state index in [2.05, 4.69) is 15.4 Å². The van der Waals surface area contributed by atoms with Crippen LogP contribution >= 0.6 is 0 Å². The molecule has 28 heavy (non-hydrogen) atoms. The largest absolute Gasteiger partial charge is 0.465 e. The summed E-state index contributed by atoms with van der Waals surface area (Å²) in [7, 11) is 0.901. The van der Waals surface area contributed by atoms with Gasteiger partial charge < -0.3 is 25.0 Å². The van der Waals surface area contributed by atoms with Crippen LogP contribution in [0.1, 0.15) is 0 Å². The van der Waals surface area contributed by atoms with Gasteiger partial charge in [-0.05, 0) is 0 Å². The van der Waals surface area contributed by atoms with E-state index in [1.54, 1.807) is 0 Å². The number of rotatable bonds is 3. The summed E-state index contributed by atoms with van der Waals surface area (Å²) in [5.41, 5.74) is 0. The summed E-state index contributed by atoms with van der Waals surface area (Å²) < 4.78 is 87.7. The third-order valence-corrected chi connectivity index (χ3v) is 4.41. The van der Waals surface area contributed by atoms with E-state index in [0.717, 1.165) is 7.11 Å². The van der Waals surface area contributed by atoms with Crippen molar-refractivity contribution in [3.05, 3.63) is 0 Å². The van der Waals surface area contributed by atoms with E-state index in [-0.39, 0.29) is 26.2 Å². The van der Waals surface area contributed by atoms with Crippen molar-refractivity contribution in [1.82, 2.24) is 20.4 Å². The fraction of sp³-hybridized carbons (Fsp3) is 0.857. The number of esters is 1. The molecule has 0 aromatic rings. The molecule has 0 aromatic heterocycles. The molecule has 2 aliphatic heterocycles. The van der Waals surface area contributed by atoms with Gasteiger partial charge >= 0.3 is 24.4 Å². The summed E-state index contributed by atoms with van der Waals surface area (Å²) in [4.78, 5) is 25.6. The number of carbonyl (C=O) groups excluding carboxylic acids is 2. The molecule has 0 unspecified atom stereocenters. The highest BCUT2D eigenvalue weighted by Gasteiger charge is 2.50. The van der Waals surface area contributed by atoms with Crippen molar-refractivity contribution < 1.29 is 45.4 Å². The number of nitrogens with zero attached hydrogens (tertiary/aromatic N) is 2. The first-order valence-electron chi connectivity index (χ1n) is 8.31. The molecule has 3 atom stereocenters. The topological polar surface area (TPSA) is 83.1 Å². The third kappa shape index (κ3) is 5.38. The van der Waals surface area contributed by atoms with Gasteiger partial charge in [-0.1, -0.05) is 0 Å². The highest BCUT2D eigenvalue weighted by atomic mass is 19.4. The first-order valence-corrected chi connectivity index (χ1v) is 8.31. The molecule has 2 aliphatic rings. The number of methoxy groups -OCH3 is 1. The van der Waals surface area contributed by atoms with Crippen LogP contribution < -0.4 is 10.6 Å². The van der Waals surface area contributed by atoms with E-state index in [1.807, 2.05) is 0 Å². The molecule has 0 aliphatic carbocycles. The van der Waals surface area contributed by atoms with E-state index < -0.39 is 55.8 Å². The highest BCUT2D eigenvalue weighted by molar-refractivity contribution is 5.78. The fourth-order valence-corrected chi connectivity index (χ4v) is 2.96. The molecule has 0 radical (unpaired) electrons. The summed E-state index contributed by atoms with van der Waals surface area (Å²) in [5.74, 6) is -1.26. The summed E-state index contributed by atoms with van der Waals surface area (Å²) in [5, 5.41) is 4.71. The number of carbonyl (C=O) groups is 2. The van der Waals surface area contributed by atoms with Gasteiger partial charge in [-0.15, -0.1) is 0 Å². The van der Waals surface area contributed by atoms with Gasteiger partial charge in [0.05, 0.1) is 7.11 Å². The van der Waals surface area contributed by atoms with Crippen molar-refractivity contribution in [3.8, 4) is 0 Å². The van der Waals surface area contributed by atoms with Crippen molar-refractivity contribution >= 4 is 12.1 Å². The Bertz CT molecular complexity index is 573. The van der Waals surface area contributed by atoms with Crippen LogP contribution in [0.15, 0.2) is 0 Å². The molecule has 2 N–H and O–H groups in total. The predicted molar refractivity (Wildman–Crippen MR) is 81.1 cm³/mol. The first-order chi connectivity index (χ1) is 12.9. The maximum Gasteiger partial charge on any atom is 0.411 e. The van der Waals surface area contributed by atoms with E-state index in [1.165, 1.54) is 0 Å². The minimum absolute atomic E-state index is 0.0847. The quantitative estimate of drug-likeness (QED) is 0.500. The monoisotopic (exact) mass is 422 g/mol. The molecule has 0 bridgehead atoms. The van der Waals surface area contributed by atoms with Gasteiger partial charge in [-0.2, -0.15) is 26.3 Å². The second-order valence-electron chi connectivity index (χ2n) is 6.25. The predicted octanol–water partition coefficient (Wildman–Crippen LogP) is 0.294. The zero-order valence-corrected chi connectivity index (χ0v) is 14.8. The van der Waals surface area contributed by atoms with E-state index in [0.29, 0.717) is 9.80 Å². The number of halogens is 6. The Balaban J connectivity index is 2.15. The molecule has 14 heteroatoms. The molecular weight excluding hydrogens is 402 g/mol. The lowest BCUT2D eigenvalue weighted by Gasteiger charge is -2.41. The smallest absolute Gasteiger partial charge is 0.411 e. The van der Waals surface area contributed by atoms with Gasteiger partial charge in [0, 0.05) is 39.3 Å². The van der Waals surface area contributed by atoms with E-state index in [9.17, 15) is 35.9 Å². The second kappa shape index (κ2) is 8.69. The minimum atomic E-state index is -4.73. The molecule has 1 amide bonds. The number of piperazine rings is 2. The molecule has 0 aromatic carbocycles. The van der Waals surface area contributed by atoms with Gasteiger partial charge in [-0.3, -0.25) is 0 Å². The Morgan fingerprint density at radius 1 is 1.07 bits per heavy atom. The lowest BCUT2D eigenvalue weighted by molar-refractivity contribution is -0.216. The third-order valence-electron chi connectivity index (χ3n) is 4.41.